The van der Waals surface area contributed by atoms with E-state index in [0.717, 1.165) is 26.1 Å². The van der Waals surface area contributed by atoms with Gasteiger partial charge in [-0.05, 0) is 48.4 Å². The van der Waals surface area contributed by atoms with Gasteiger partial charge in [0, 0.05) is 32.2 Å². The van der Waals surface area contributed by atoms with Crippen molar-refractivity contribution >= 4 is 5.91 Å². The van der Waals surface area contributed by atoms with Gasteiger partial charge in [-0.2, -0.15) is 0 Å². The van der Waals surface area contributed by atoms with Gasteiger partial charge in [0.1, 0.15) is 17.7 Å². The van der Waals surface area contributed by atoms with Gasteiger partial charge in [-0.15, -0.1) is 0 Å². The molecule has 2 aromatic carbocycles. The number of nitrogens with one attached hydrogen (secondary N) is 1. The van der Waals surface area contributed by atoms with E-state index >= 15 is 0 Å². The molecule has 1 aliphatic heterocycles. The topological polar surface area (TPSA) is 41.6 Å². The molecule has 0 spiro atoms. The Morgan fingerprint density at radius 2 is 1.92 bits per heavy atom. The normalized spacial score (nSPS) is 17.7. The fraction of sp³-hybridized carbons (Fsp3) is 0.316. The van der Waals surface area contributed by atoms with Gasteiger partial charge < -0.3 is 10.1 Å². The summed E-state index contributed by atoms with van der Waals surface area (Å²) in [5.74, 6) is 0.379. The second-order valence-corrected chi connectivity index (χ2v) is 5.99. The van der Waals surface area contributed by atoms with Crippen LogP contribution in [0.3, 0.4) is 0 Å². The molecule has 0 radical (unpaired) electrons. The van der Waals surface area contributed by atoms with Gasteiger partial charge in [-0.25, -0.2) is 4.39 Å². The molecule has 1 amide bonds. The predicted molar refractivity (Wildman–Crippen MR) is 90.5 cm³/mol. The lowest BCUT2D eigenvalue weighted by molar-refractivity contribution is 0.0963. The Balaban J connectivity index is 1.52. The van der Waals surface area contributed by atoms with E-state index in [2.05, 4.69) is 10.2 Å². The van der Waals surface area contributed by atoms with Crippen molar-refractivity contribution in [1.82, 2.24) is 10.2 Å². The van der Waals surface area contributed by atoms with E-state index < -0.39 is 0 Å². The third-order valence-corrected chi connectivity index (χ3v) is 4.19. The van der Waals surface area contributed by atoms with E-state index in [-0.39, 0.29) is 17.8 Å². The number of benzene rings is 2. The van der Waals surface area contributed by atoms with Gasteiger partial charge in [-0.1, -0.05) is 12.1 Å². The molecule has 0 aliphatic carbocycles. The number of rotatable bonds is 5. The summed E-state index contributed by atoms with van der Waals surface area (Å²) in [7, 11) is 1.63. The lowest BCUT2D eigenvalue weighted by atomic mass is 10.1. The van der Waals surface area contributed by atoms with Crippen LogP contribution in [-0.2, 0) is 6.54 Å². The maximum atomic E-state index is 12.9. The minimum absolute atomic E-state index is 0.0736. The average molecular weight is 328 g/mol. The first-order chi connectivity index (χ1) is 11.6. The summed E-state index contributed by atoms with van der Waals surface area (Å²) in [5.41, 5.74) is 1.84. The summed E-state index contributed by atoms with van der Waals surface area (Å²) >= 11 is 0. The van der Waals surface area contributed by atoms with Crippen molar-refractivity contribution in [3.63, 3.8) is 0 Å². The maximum absolute atomic E-state index is 12.9. The van der Waals surface area contributed by atoms with Crippen LogP contribution in [0, 0.1) is 5.82 Å². The zero-order valence-electron chi connectivity index (χ0n) is 13.7. The van der Waals surface area contributed by atoms with Gasteiger partial charge >= 0.3 is 0 Å². The summed E-state index contributed by atoms with van der Waals surface area (Å²) in [6, 6.07) is 13.8. The number of ether oxygens (including phenoxy) is 1. The van der Waals surface area contributed by atoms with Gasteiger partial charge in [0.05, 0.1) is 0 Å². The predicted octanol–water partition coefficient (Wildman–Crippen LogP) is 2.84. The molecule has 126 valence electrons. The minimum Gasteiger partial charge on any atom is -0.489 e. The SMILES string of the molecule is CNC(=O)c1ccc(CN2CCC(Oc3ccc(F)cc3)C2)cc1. The van der Waals surface area contributed by atoms with E-state index in [9.17, 15) is 9.18 Å². The maximum Gasteiger partial charge on any atom is 0.251 e. The molecule has 1 unspecified atom stereocenters. The third kappa shape index (κ3) is 4.11. The van der Waals surface area contributed by atoms with Gasteiger partial charge in [-0.3, -0.25) is 9.69 Å². The van der Waals surface area contributed by atoms with Gasteiger partial charge in [0.15, 0.2) is 0 Å². The molecule has 0 bridgehead atoms. The first-order valence-electron chi connectivity index (χ1n) is 8.09. The highest BCUT2D eigenvalue weighted by Crippen LogP contribution is 2.20. The number of likely N-dealkylation sites (tertiary alicyclic amines) is 1. The van der Waals surface area contributed by atoms with Gasteiger partial charge in [0.2, 0.25) is 0 Å². The van der Waals surface area contributed by atoms with Crippen LogP contribution in [0.1, 0.15) is 22.3 Å². The first kappa shape index (κ1) is 16.5. The van der Waals surface area contributed by atoms with E-state index in [4.69, 9.17) is 4.74 Å². The van der Waals surface area contributed by atoms with Crippen LogP contribution in [0.25, 0.3) is 0 Å². The zero-order valence-corrected chi connectivity index (χ0v) is 13.7. The monoisotopic (exact) mass is 328 g/mol. The fourth-order valence-electron chi connectivity index (χ4n) is 2.91. The molecule has 4 nitrogen and oxygen atoms in total. The second kappa shape index (κ2) is 7.45. The number of nitrogens with zero attached hydrogens (tertiary/aromatic N) is 1. The average Bonchev–Trinajstić information content (AvgIpc) is 3.04. The van der Waals surface area contributed by atoms with Crippen LogP contribution in [0.2, 0.25) is 0 Å². The van der Waals surface area contributed by atoms with Crippen LogP contribution in [0.4, 0.5) is 4.39 Å². The molecule has 1 atom stereocenters. The Morgan fingerprint density at radius 1 is 1.21 bits per heavy atom. The molecule has 0 aromatic heterocycles. The number of halogens is 1. The second-order valence-electron chi connectivity index (χ2n) is 5.99. The lowest BCUT2D eigenvalue weighted by Crippen LogP contribution is -2.24. The van der Waals surface area contributed by atoms with Crippen LogP contribution < -0.4 is 10.1 Å². The molecule has 5 heteroatoms. The molecule has 24 heavy (non-hydrogen) atoms. The van der Waals surface area contributed by atoms with Crippen molar-refractivity contribution in [3.8, 4) is 5.75 Å². The van der Waals surface area contributed by atoms with Crippen molar-refractivity contribution in [2.75, 3.05) is 20.1 Å². The summed E-state index contributed by atoms with van der Waals surface area (Å²) in [6.45, 7) is 2.63. The molecule has 1 saturated heterocycles. The molecule has 1 heterocycles. The Morgan fingerprint density at radius 3 is 2.58 bits per heavy atom. The number of amides is 1. The van der Waals surface area contributed by atoms with Crippen molar-refractivity contribution in [2.24, 2.45) is 0 Å². The Labute approximate surface area is 141 Å². The summed E-state index contributed by atoms with van der Waals surface area (Å²) in [6.07, 6.45) is 1.08. The number of carbonyl (C=O) groups excluding carboxylic acids is 1. The van der Waals surface area contributed by atoms with E-state index in [0.29, 0.717) is 11.3 Å². The molecule has 3 rings (SSSR count). The van der Waals surface area contributed by atoms with Crippen LogP contribution >= 0.6 is 0 Å². The number of carbonyl (C=O) groups is 1. The zero-order chi connectivity index (χ0) is 16.9. The molecular formula is C19H21FN2O2. The van der Waals surface area contributed by atoms with Crippen LogP contribution in [0.15, 0.2) is 48.5 Å². The fourth-order valence-corrected chi connectivity index (χ4v) is 2.91. The number of hydrogen-bond acceptors (Lipinski definition) is 3. The molecule has 2 aromatic rings. The smallest absolute Gasteiger partial charge is 0.251 e. The van der Waals surface area contributed by atoms with Crippen molar-refractivity contribution in [1.29, 1.82) is 0 Å². The molecule has 1 fully saturated rings. The van der Waals surface area contributed by atoms with Gasteiger partial charge in [0.25, 0.3) is 5.91 Å². The van der Waals surface area contributed by atoms with E-state index in [1.54, 1.807) is 19.2 Å². The lowest BCUT2D eigenvalue weighted by Gasteiger charge is -2.17. The largest absolute Gasteiger partial charge is 0.489 e. The van der Waals surface area contributed by atoms with E-state index in [1.807, 2.05) is 24.3 Å². The highest BCUT2D eigenvalue weighted by atomic mass is 19.1. The first-order valence-corrected chi connectivity index (χ1v) is 8.09. The third-order valence-electron chi connectivity index (χ3n) is 4.19. The van der Waals surface area contributed by atoms with Crippen molar-refractivity contribution < 1.29 is 13.9 Å². The quantitative estimate of drug-likeness (QED) is 0.918. The van der Waals surface area contributed by atoms with E-state index in [1.165, 1.54) is 17.7 Å². The molecule has 0 saturated carbocycles. The highest BCUT2D eigenvalue weighted by Gasteiger charge is 2.24. The highest BCUT2D eigenvalue weighted by molar-refractivity contribution is 5.93. The van der Waals surface area contributed by atoms with Crippen LogP contribution in [-0.4, -0.2) is 37.0 Å². The molecule has 1 N–H and O–H groups in total. The summed E-state index contributed by atoms with van der Waals surface area (Å²) in [5, 5.41) is 2.62. The Bertz CT molecular complexity index is 686. The summed E-state index contributed by atoms with van der Waals surface area (Å²) < 4.78 is 18.8. The van der Waals surface area contributed by atoms with Crippen molar-refractivity contribution in [2.45, 2.75) is 19.1 Å². The standard InChI is InChI=1S/C19H21FN2O2/c1-21-19(23)15-4-2-14(3-5-15)12-22-11-10-18(13-22)24-17-8-6-16(20)7-9-17/h2-9,18H,10-13H2,1H3,(H,21,23). The summed E-state index contributed by atoms with van der Waals surface area (Å²) in [4.78, 5) is 13.9. The molecule has 1 aliphatic rings. The van der Waals surface area contributed by atoms with Crippen LogP contribution in [0.5, 0.6) is 5.75 Å². The Kier molecular flexibility index (Phi) is 5.11. The number of hydrogen-bond donors (Lipinski definition) is 1. The molecular weight excluding hydrogens is 307 g/mol. The minimum atomic E-state index is -0.254. The van der Waals surface area contributed by atoms with Crippen molar-refractivity contribution in [3.05, 3.63) is 65.5 Å². The Hall–Kier alpha value is -2.40.